The fraction of sp³-hybridized carbons (Fsp3) is 1.00. The predicted octanol–water partition coefficient (Wildman–Crippen LogP) is 0.782. The lowest BCUT2D eigenvalue weighted by Crippen LogP contribution is -2.33. The molecule has 1 heterocycles. The zero-order valence-corrected chi connectivity index (χ0v) is 7.65. The van der Waals surface area contributed by atoms with Crippen molar-refractivity contribution in [3.8, 4) is 0 Å². The van der Waals surface area contributed by atoms with E-state index < -0.39 is 5.67 Å². The zero-order chi connectivity index (χ0) is 8.60. The van der Waals surface area contributed by atoms with E-state index >= 15 is 0 Å². The van der Waals surface area contributed by atoms with Crippen molar-refractivity contribution in [3.63, 3.8) is 0 Å². The van der Waals surface area contributed by atoms with Crippen LogP contribution in [-0.4, -0.2) is 43.3 Å². The summed E-state index contributed by atoms with van der Waals surface area (Å²) in [5, 5.41) is 3.24. The van der Waals surface area contributed by atoms with Crippen molar-refractivity contribution < 1.29 is 4.39 Å². The number of nitrogens with one attached hydrogen (secondary N) is 1. The van der Waals surface area contributed by atoms with Gasteiger partial charge in [-0.25, -0.2) is 4.39 Å². The molecule has 12 heavy (non-hydrogen) atoms. The maximum absolute atomic E-state index is 13.3. The van der Waals surface area contributed by atoms with E-state index in [0.717, 1.165) is 25.9 Å². The van der Waals surface area contributed by atoms with E-state index in [1.165, 1.54) is 6.42 Å². The largest absolute Gasteiger partial charge is 0.316 e. The molecule has 1 saturated carbocycles. The van der Waals surface area contributed by atoms with Gasteiger partial charge in [0.1, 0.15) is 5.67 Å². The molecule has 1 atom stereocenters. The van der Waals surface area contributed by atoms with Crippen LogP contribution in [0.25, 0.3) is 0 Å². The fourth-order valence-corrected chi connectivity index (χ4v) is 1.91. The minimum atomic E-state index is -0.803. The van der Waals surface area contributed by atoms with Gasteiger partial charge >= 0.3 is 0 Å². The van der Waals surface area contributed by atoms with Crippen molar-refractivity contribution in [3.05, 3.63) is 0 Å². The van der Waals surface area contributed by atoms with E-state index in [4.69, 9.17) is 0 Å². The molecule has 0 radical (unpaired) electrons. The first kappa shape index (κ1) is 8.45. The lowest BCUT2D eigenvalue weighted by molar-refractivity contribution is 0.200. The van der Waals surface area contributed by atoms with Crippen molar-refractivity contribution in [2.45, 2.75) is 31.0 Å². The van der Waals surface area contributed by atoms with E-state index in [1.54, 1.807) is 0 Å². The van der Waals surface area contributed by atoms with Crippen molar-refractivity contribution in [2.75, 3.05) is 26.7 Å². The summed E-state index contributed by atoms with van der Waals surface area (Å²) in [5.41, 5.74) is -0.803. The van der Waals surface area contributed by atoms with Crippen LogP contribution in [0.3, 0.4) is 0 Å². The monoisotopic (exact) mass is 172 g/mol. The van der Waals surface area contributed by atoms with Gasteiger partial charge in [0, 0.05) is 19.1 Å². The highest BCUT2D eigenvalue weighted by atomic mass is 19.1. The summed E-state index contributed by atoms with van der Waals surface area (Å²) in [5.74, 6) is 0. The summed E-state index contributed by atoms with van der Waals surface area (Å²) in [7, 11) is 1.98. The molecule has 0 aromatic rings. The highest BCUT2D eigenvalue weighted by molar-refractivity contribution is 4.98. The predicted molar refractivity (Wildman–Crippen MR) is 47.0 cm³/mol. The Morgan fingerprint density at radius 3 is 2.83 bits per heavy atom. The van der Waals surface area contributed by atoms with Crippen molar-refractivity contribution in [1.82, 2.24) is 10.2 Å². The van der Waals surface area contributed by atoms with Gasteiger partial charge in [0.05, 0.1) is 0 Å². The second-order valence-electron chi connectivity index (χ2n) is 4.16. The average Bonchev–Trinajstić information content (AvgIpc) is 2.63. The molecule has 0 spiro atoms. The van der Waals surface area contributed by atoms with Crippen LogP contribution in [0.5, 0.6) is 0 Å². The molecule has 2 fully saturated rings. The fourth-order valence-electron chi connectivity index (χ4n) is 1.91. The molecule has 3 heteroatoms. The third-order valence-corrected chi connectivity index (χ3v) is 2.98. The van der Waals surface area contributed by atoms with Crippen LogP contribution in [0.4, 0.5) is 4.39 Å². The maximum atomic E-state index is 13.3. The van der Waals surface area contributed by atoms with Gasteiger partial charge < -0.3 is 5.32 Å². The minimum absolute atomic E-state index is 0.590. The summed E-state index contributed by atoms with van der Waals surface area (Å²) in [6.07, 6.45) is 2.74. The van der Waals surface area contributed by atoms with Crippen molar-refractivity contribution >= 4 is 0 Å². The summed E-state index contributed by atoms with van der Waals surface area (Å²) < 4.78 is 13.3. The normalized spacial score (nSPS) is 34.0. The Morgan fingerprint density at radius 1 is 1.58 bits per heavy atom. The summed E-state index contributed by atoms with van der Waals surface area (Å²) in [6.45, 7) is 2.77. The van der Waals surface area contributed by atoms with Crippen LogP contribution in [0.1, 0.15) is 19.3 Å². The lowest BCUT2D eigenvalue weighted by atomic mass is 10.3. The molecule has 0 aromatic heterocycles. The van der Waals surface area contributed by atoms with Crippen molar-refractivity contribution in [1.29, 1.82) is 0 Å². The van der Waals surface area contributed by atoms with Gasteiger partial charge in [-0.05, 0) is 32.9 Å². The Balaban J connectivity index is 1.76. The van der Waals surface area contributed by atoms with E-state index in [0.29, 0.717) is 12.6 Å². The molecule has 0 bridgehead atoms. The van der Waals surface area contributed by atoms with Crippen LogP contribution < -0.4 is 5.32 Å². The Morgan fingerprint density at radius 2 is 2.33 bits per heavy atom. The van der Waals surface area contributed by atoms with Crippen LogP contribution in [0.2, 0.25) is 0 Å². The van der Waals surface area contributed by atoms with Gasteiger partial charge in [0.2, 0.25) is 0 Å². The highest BCUT2D eigenvalue weighted by Gasteiger charge is 2.45. The molecule has 1 aliphatic carbocycles. The molecule has 2 aliphatic rings. The van der Waals surface area contributed by atoms with Gasteiger partial charge in [-0.15, -0.1) is 0 Å². The highest BCUT2D eigenvalue weighted by Crippen LogP contribution is 2.40. The SMILES string of the molecule is CNC1CCN(CC2(F)CC2)C1. The van der Waals surface area contributed by atoms with Gasteiger partial charge in [0.25, 0.3) is 0 Å². The van der Waals surface area contributed by atoms with Crippen molar-refractivity contribution in [2.24, 2.45) is 0 Å². The summed E-state index contributed by atoms with van der Waals surface area (Å²) in [4.78, 5) is 2.24. The molecular formula is C9H17FN2. The number of nitrogens with zero attached hydrogens (tertiary/aromatic N) is 1. The van der Waals surface area contributed by atoms with Gasteiger partial charge in [-0.2, -0.15) is 0 Å². The maximum Gasteiger partial charge on any atom is 0.123 e. The lowest BCUT2D eigenvalue weighted by Gasteiger charge is -2.17. The van der Waals surface area contributed by atoms with E-state index in [1.807, 2.05) is 7.05 Å². The zero-order valence-electron chi connectivity index (χ0n) is 7.65. The first-order chi connectivity index (χ1) is 5.72. The molecule has 70 valence electrons. The Bertz CT molecular complexity index is 168. The third-order valence-electron chi connectivity index (χ3n) is 2.98. The molecule has 2 rings (SSSR count). The Kier molecular flexibility index (Phi) is 2.09. The van der Waals surface area contributed by atoms with Gasteiger partial charge in [-0.1, -0.05) is 0 Å². The number of halogens is 1. The van der Waals surface area contributed by atoms with Crippen LogP contribution in [0.15, 0.2) is 0 Å². The molecule has 1 aliphatic heterocycles. The molecule has 0 aromatic carbocycles. The van der Waals surface area contributed by atoms with E-state index in [-0.39, 0.29) is 0 Å². The Labute approximate surface area is 73.1 Å². The smallest absolute Gasteiger partial charge is 0.123 e. The summed E-state index contributed by atoms with van der Waals surface area (Å²) in [6, 6.07) is 0.590. The van der Waals surface area contributed by atoms with Crippen LogP contribution >= 0.6 is 0 Å². The first-order valence-electron chi connectivity index (χ1n) is 4.80. The second kappa shape index (κ2) is 2.96. The molecule has 1 N–H and O–H groups in total. The summed E-state index contributed by atoms with van der Waals surface area (Å²) >= 11 is 0. The molecule has 1 unspecified atom stereocenters. The minimum Gasteiger partial charge on any atom is -0.316 e. The molecular weight excluding hydrogens is 155 g/mol. The third kappa shape index (κ3) is 1.77. The van der Waals surface area contributed by atoms with Gasteiger partial charge in [0.15, 0.2) is 0 Å². The number of hydrogen-bond donors (Lipinski definition) is 1. The average molecular weight is 172 g/mol. The van der Waals surface area contributed by atoms with E-state index in [9.17, 15) is 4.39 Å². The topological polar surface area (TPSA) is 15.3 Å². The molecule has 2 nitrogen and oxygen atoms in total. The standard InChI is InChI=1S/C9H17FN2/c1-11-8-2-5-12(6-8)7-9(10)3-4-9/h8,11H,2-7H2,1H3. The molecule has 1 saturated heterocycles. The first-order valence-corrected chi connectivity index (χ1v) is 4.80. The van der Waals surface area contributed by atoms with Crippen LogP contribution in [0, 0.1) is 0 Å². The number of rotatable bonds is 3. The number of likely N-dealkylation sites (tertiary alicyclic amines) is 1. The number of alkyl halides is 1. The van der Waals surface area contributed by atoms with Crippen LogP contribution in [-0.2, 0) is 0 Å². The van der Waals surface area contributed by atoms with Gasteiger partial charge in [-0.3, -0.25) is 4.90 Å². The van der Waals surface area contributed by atoms with E-state index in [2.05, 4.69) is 10.2 Å². The second-order valence-corrected chi connectivity index (χ2v) is 4.16. The number of likely N-dealkylation sites (N-methyl/N-ethyl adjacent to an activating group) is 1. The quantitative estimate of drug-likeness (QED) is 0.677. The molecule has 0 amide bonds. The number of hydrogen-bond acceptors (Lipinski definition) is 2. The Hall–Kier alpha value is -0.150.